The Morgan fingerprint density at radius 2 is 2.00 bits per heavy atom. The molecule has 1 rings (SSSR count). The summed E-state index contributed by atoms with van der Waals surface area (Å²) in [4.78, 5) is 11.1. The molecule has 1 aromatic carbocycles. The topological polar surface area (TPSA) is 46.5 Å². The fraction of sp³-hybridized carbons (Fsp3) is 0.562. The van der Waals surface area contributed by atoms with Crippen molar-refractivity contribution in [2.24, 2.45) is 5.41 Å². The third-order valence-corrected chi connectivity index (χ3v) is 3.50. The molecule has 0 radical (unpaired) electrons. The van der Waals surface area contributed by atoms with E-state index in [-0.39, 0.29) is 17.8 Å². The number of rotatable bonds is 5. The van der Waals surface area contributed by atoms with E-state index in [0.29, 0.717) is 0 Å². The van der Waals surface area contributed by atoms with Crippen molar-refractivity contribution < 1.29 is 14.6 Å². The Balaban J connectivity index is 3.30. The highest BCUT2D eigenvalue weighted by molar-refractivity contribution is 5.68. The molecule has 0 aliphatic heterocycles. The van der Waals surface area contributed by atoms with Gasteiger partial charge in [0.2, 0.25) is 0 Å². The standard InChI is InChI=1S/C16H24O3/c1-6-11-7-8-14(19-5)12(9-11)13(10-15(17)18)16(2,3)4/h7-9,13H,6,10H2,1-5H3,(H,17,18). The fourth-order valence-corrected chi connectivity index (χ4v) is 2.33. The maximum absolute atomic E-state index is 11.1. The predicted octanol–water partition coefficient (Wildman–Crippen LogP) is 3.86. The summed E-state index contributed by atoms with van der Waals surface area (Å²) in [6.07, 6.45) is 1.05. The SMILES string of the molecule is CCc1ccc(OC)c(C(CC(=O)O)C(C)(C)C)c1. The van der Waals surface area contributed by atoms with Crippen molar-refractivity contribution in [2.45, 2.75) is 46.5 Å². The zero-order valence-electron chi connectivity index (χ0n) is 12.5. The Morgan fingerprint density at radius 1 is 1.37 bits per heavy atom. The molecular formula is C16H24O3. The highest BCUT2D eigenvalue weighted by Crippen LogP contribution is 2.42. The number of carbonyl (C=O) groups is 1. The molecule has 1 atom stereocenters. The summed E-state index contributed by atoms with van der Waals surface area (Å²) in [7, 11) is 1.63. The van der Waals surface area contributed by atoms with Gasteiger partial charge in [0.25, 0.3) is 0 Å². The first-order valence-electron chi connectivity index (χ1n) is 6.68. The van der Waals surface area contributed by atoms with E-state index in [1.807, 2.05) is 12.1 Å². The molecule has 0 aliphatic rings. The fourth-order valence-electron chi connectivity index (χ4n) is 2.33. The highest BCUT2D eigenvalue weighted by atomic mass is 16.5. The van der Waals surface area contributed by atoms with Crippen LogP contribution in [0.4, 0.5) is 0 Å². The van der Waals surface area contributed by atoms with Gasteiger partial charge < -0.3 is 9.84 Å². The van der Waals surface area contributed by atoms with E-state index >= 15 is 0 Å². The second kappa shape index (κ2) is 6.09. The van der Waals surface area contributed by atoms with E-state index in [2.05, 4.69) is 33.8 Å². The van der Waals surface area contributed by atoms with Gasteiger partial charge in [-0.25, -0.2) is 0 Å². The van der Waals surface area contributed by atoms with Crippen molar-refractivity contribution in [1.82, 2.24) is 0 Å². The van der Waals surface area contributed by atoms with E-state index in [4.69, 9.17) is 9.84 Å². The van der Waals surface area contributed by atoms with Crippen LogP contribution < -0.4 is 4.74 Å². The molecule has 3 nitrogen and oxygen atoms in total. The molecule has 0 heterocycles. The monoisotopic (exact) mass is 264 g/mol. The zero-order chi connectivity index (χ0) is 14.6. The Hall–Kier alpha value is -1.51. The van der Waals surface area contributed by atoms with Crippen LogP contribution in [0.15, 0.2) is 18.2 Å². The van der Waals surface area contributed by atoms with Gasteiger partial charge in [-0.05, 0) is 29.0 Å². The average Bonchev–Trinajstić information content (AvgIpc) is 2.33. The van der Waals surface area contributed by atoms with Crippen molar-refractivity contribution in [2.75, 3.05) is 7.11 Å². The molecule has 0 saturated carbocycles. The number of hydrogen-bond donors (Lipinski definition) is 1. The quantitative estimate of drug-likeness (QED) is 0.878. The molecule has 1 aromatic rings. The van der Waals surface area contributed by atoms with E-state index in [0.717, 1.165) is 17.7 Å². The molecule has 0 saturated heterocycles. The lowest BCUT2D eigenvalue weighted by Crippen LogP contribution is -2.22. The van der Waals surface area contributed by atoms with Crippen molar-refractivity contribution >= 4 is 5.97 Å². The van der Waals surface area contributed by atoms with Crippen LogP contribution in [0.25, 0.3) is 0 Å². The second-order valence-corrected chi connectivity index (χ2v) is 5.95. The number of benzene rings is 1. The molecule has 0 bridgehead atoms. The summed E-state index contributed by atoms with van der Waals surface area (Å²) in [5, 5.41) is 9.16. The van der Waals surface area contributed by atoms with Gasteiger partial charge in [0.05, 0.1) is 13.5 Å². The summed E-state index contributed by atoms with van der Waals surface area (Å²) in [5.74, 6) is -0.0614. The minimum absolute atomic E-state index is 0.0635. The first-order valence-corrected chi connectivity index (χ1v) is 6.68. The summed E-state index contributed by atoms with van der Waals surface area (Å²) in [5.41, 5.74) is 2.07. The first-order chi connectivity index (χ1) is 8.79. The van der Waals surface area contributed by atoms with Gasteiger partial charge in [-0.1, -0.05) is 39.8 Å². The Labute approximate surface area is 115 Å². The Bertz CT molecular complexity index is 444. The van der Waals surface area contributed by atoms with Gasteiger partial charge in [-0.3, -0.25) is 4.79 Å². The maximum atomic E-state index is 11.1. The number of aryl methyl sites for hydroxylation is 1. The van der Waals surface area contributed by atoms with Crippen LogP contribution in [0.3, 0.4) is 0 Å². The molecule has 0 amide bonds. The molecule has 19 heavy (non-hydrogen) atoms. The van der Waals surface area contributed by atoms with Crippen molar-refractivity contribution in [3.63, 3.8) is 0 Å². The summed E-state index contributed by atoms with van der Waals surface area (Å²) in [6.45, 7) is 8.30. The number of aliphatic carboxylic acids is 1. The molecule has 1 N–H and O–H groups in total. The van der Waals surface area contributed by atoms with Gasteiger partial charge in [0, 0.05) is 5.92 Å². The van der Waals surface area contributed by atoms with E-state index < -0.39 is 5.97 Å². The molecule has 0 fully saturated rings. The minimum atomic E-state index is -0.774. The third-order valence-electron chi connectivity index (χ3n) is 3.50. The normalized spacial score (nSPS) is 13.1. The lowest BCUT2D eigenvalue weighted by Gasteiger charge is -2.31. The van der Waals surface area contributed by atoms with Crippen LogP contribution >= 0.6 is 0 Å². The smallest absolute Gasteiger partial charge is 0.303 e. The molecule has 3 heteroatoms. The van der Waals surface area contributed by atoms with Crippen LogP contribution in [-0.2, 0) is 11.2 Å². The van der Waals surface area contributed by atoms with Gasteiger partial charge in [0.15, 0.2) is 0 Å². The first kappa shape index (κ1) is 15.5. The highest BCUT2D eigenvalue weighted by Gasteiger charge is 2.30. The molecular weight excluding hydrogens is 240 g/mol. The molecule has 0 spiro atoms. The number of carboxylic acids is 1. The minimum Gasteiger partial charge on any atom is -0.496 e. The van der Waals surface area contributed by atoms with Crippen molar-refractivity contribution in [3.05, 3.63) is 29.3 Å². The summed E-state index contributed by atoms with van der Waals surface area (Å²) in [6, 6.07) is 6.05. The number of hydrogen-bond acceptors (Lipinski definition) is 2. The van der Waals surface area contributed by atoms with E-state index in [1.165, 1.54) is 5.56 Å². The Kier molecular flexibility index (Phi) is 4.98. The van der Waals surface area contributed by atoms with Crippen LogP contribution in [0.5, 0.6) is 5.75 Å². The van der Waals surface area contributed by atoms with E-state index in [9.17, 15) is 4.79 Å². The summed E-state index contributed by atoms with van der Waals surface area (Å²) >= 11 is 0. The lowest BCUT2D eigenvalue weighted by atomic mass is 9.74. The largest absolute Gasteiger partial charge is 0.496 e. The molecule has 0 aliphatic carbocycles. The maximum Gasteiger partial charge on any atom is 0.303 e. The zero-order valence-corrected chi connectivity index (χ0v) is 12.5. The second-order valence-electron chi connectivity index (χ2n) is 5.95. The summed E-state index contributed by atoms with van der Waals surface area (Å²) < 4.78 is 5.41. The number of ether oxygens (including phenoxy) is 1. The third kappa shape index (κ3) is 3.98. The van der Waals surface area contributed by atoms with Gasteiger partial charge >= 0.3 is 5.97 Å². The van der Waals surface area contributed by atoms with Crippen LogP contribution in [0.1, 0.15) is 51.2 Å². The van der Waals surface area contributed by atoms with Crippen molar-refractivity contribution in [3.8, 4) is 5.75 Å². The number of methoxy groups -OCH3 is 1. The molecule has 1 unspecified atom stereocenters. The van der Waals surface area contributed by atoms with E-state index in [1.54, 1.807) is 7.11 Å². The van der Waals surface area contributed by atoms with Gasteiger partial charge in [-0.2, -0.15) is 0 Å². The molecule has 0 aromatic heterocycles. The average molecular weight is 264 g/mol. The number of carboxylic acid groups (broad SMARTS) is 1. The van der Waals surface area contributed by atoms with Crippen molar-refractivity contribution in [1.29, 1.82) is 0 Å². The van der Waals surface area contributed by atoms with Crippen LogP contribution in [0.2, 0.25) is 0 Å². The molecule has 106 valence electrons. The van der Waals surface area contributed by atoms with Gasteiger partial charge in [0.1, 0.15) is 5.75 Å². The van der Waals surface area contributed by atoms with Crippen LogP contribution in [0, 0.1) is 5.41 Å². The Morgan fingerprint density at radius 3 is 2.42 bits per heavy atom. The van der Waals surface area contributed by atoms with Crippen LogP contribution in [-0.4, -0.2) is 18.2 Å². The lowest BCUT2D eigenvalue weighted by molar-refractivity contribution is -0.138. The predicted molar refractivity (Wildman–Crippen MR) is 76.8 cm³/mol. The van der Waals surface area contributed by atoms with Gasteiger partial charge in [-0.15, -0.1) is 0 Å².